The fourth-order valence-corrected chi connectivity index (χ4v) is 3.41. The Balaban J connectivity index is 1.86. The van der Waals surface area contributed by atoms with Gasteiger partial charge in [-0.25, -0.2) is 0 Å². The molecule has 0 saturated carbocycles. The van der Waals surface area contributed by atoms with E-state index in [2.05, 4.69) is 5.32 Å². The summed E-state index contributed by atoms with van der Waals surface area (Å²) in [6.45, 7) is 1.85. The lowest BCUT2D eigenvalue weighted by atomic mass is 10.2. The Morgan fingerprint density at radius 1 is 1.50 bits per heavy atom. The number of likely N-dealkylation sites (N-methyl/N-ethyl adjacent to an activating group) is 1. The summed E-state index contributed by atoms with van der Waals surface area (Å²) < 4.78 is 0. The van der Waals surface area contributed by atoms with Crippen molar-refractivity contribution in [1.82, 2.24) is 10.2 Å². The highest BCUT2D eigenvalue weighted by Gasteiger charge is 2.31. The van der Waals surface area contributed by atoms with E-state index < -0.39 is 0 Å². The SMILES string of the molecule is CNC1CCN(C(=O)C2CCCS2)C1. The summed E-state index contributed by atoms with van der Waals surface area (Å²) in [7, 11) is 1.98. The maximum Gasteiger partial charge on any atom is 0.235 e. The molecule has 2 atom stereocenters. The second kappa shape index (κ2) is 4.53. The van der Waals surface area contributed by atoms with Gasteiger partial charge in [0.2, 0.25) is 5.91 Å². The van der Waals surface area contributed by atoms with Gasteiger partial charge < -0.3 is 10.2 Å². The van der Waals surface area contributed by atoms with Crippen molar-refractivity contribution in [3.63, 3.8) is 0 Å². The van der Waals surface area contributed by atoms with Crippen LogP contribution in [0, 0.1) is 0 Å². The molecule has 0 aromatic carbocycles. The van der Waals surface area contributed by atoms with Gasteiger partial charge in [-0.1, -0.05) is 0 Å². The summed E-state index contributed by atoms with van der Waals surface area (Å²) >= 11 is 1.83. The number of likely N-dealkylation sites (tertiary alicyclic amines) is 1. The van der Waals surface area contributed by atoms with Gasteiger partial charge in [0.05, 0.1) is 5.25 Å². The fraction of sp³-hybridized carbons (Fsp3) is 0.900. The van der Waals surface area contributed by atoms with Crippen molar-refractivity contribution < 1.29 is 4.79 Å². The molecule has 14 heavy (non-hydrogen) atoms. The van der Waals surface area contributed by atoms with E-state index in [-0.39, 0.29) is 5.25 Å². The third-order valence-electron chi connectivity index (χ3n) is 3.11. The number of nitrogens with one attached hydrogen (secondary N) is 1. The van der Waals surface area contributed by atoms with Crippen LogP contribution in [0.5, 0.6) is 0 Å². The molecule has 0 bridgehead atoms. The number of rotatable bonds is 2. The van der Waals surface area contributed by atoms with Gasteiger partial charge in [-0.05, 0) is 32.1 Å². The van der Waals surface area contributed by atoms with Crippen molar-refractivity contribution in [3.05, 3.63) is 0 Å². The molecule has 2 rings (SSSR count). The normalized spacial score (nSPS) is 32.5. The van der Waals surface area contributed by atoms with Crippen LogP contribution in [0.15, 0.2) is 0 Å². The van der Waals surface area contributed by atoms with Crippen LogP contribution < -0.4 is 5.32 Å². The molecule has 2 fully saturated rings. The Morgan fingerprint density at radius 3 is 2.93 bits per heavy atom. The molecule has 0 aromatic rings. The zero-order valence-electron chi connectivity index (χ0n) is 8.66. The molecular weight excluding hydrogens is 196 g/mol. The Hall–Kier alpha value is -0.220. The predicted molar refractivity (Wildman–Crippen MR) is 59.5 cm³/mol. The number of thioether (sulfide) groups is 1. The number of hydrogen-bond donors (Lipinski definition) is 1. The highest BCUT2D eigenvalue weighted by atomic mass is 32.2. The smallest absolute Gasteiger partial charge is 0.235 e. The van der Waals surface area contributed by atoms with Gasteiger partial charge in [-0.2, -0.15) is 0 Å². The minimum absolute atomic E-state index is 0.269. The van der Waals surface area contributed by atoms with Crippen LogP contribution in [0.1, 0.15) is 19.3 Å². The minimum Gasteiger partial charge on any atom is -0.340 e. The molecular formula is C10H18N2OS. The van der Waals surface area contributed by atoms with Gasteiger partial charge in [-0.3, -0.25) is 4.79 Å². The Kier molecular flexibility index (Phi) is 3.34. The van der Waals surface area contributed by atoms with E-state index in [4.69, 9.17) is 0 Å². The lowest BCUT2D eigenvalue weighted by molar-refractivity contribution is -0.129. The molecule has 0 aromatic heterocycles. The molecule has 80 valence electrons. The molecule has 0 aliphatic carbocycles. The number of nitrogens with zero attached hydrogens (tertiary/aromatic N) is 1. The average molecular weight is 214 g/mol. The number of carbonyl (C=O) groups excluding carboxylic acids is 1. The predicted octanol–water partition coefficient (Wildman–Crippen LogP) is 0.702. The molecule has 2 aliphatic heterocycles. The Morgan fingerprint density at radius 2 is 2.36 bits per heavy atom. The molecule has 2 aliphatic rings. The average Bonchev–Trinajstić information content (AvgIpc) is 2.88. The largest absolute Gasteiger partial charge is 0.340 e. The summed E-state index contributed by atoms with van der Waals surface area (Å²) in [6, 6.07) is 0.519. The van der Waals surface area contributed by atoms with Gasteiger partial charge >= 0.3 is 0 Å². The van der Waals surface area contributed by atoms with E-state index in [1.54, 1.807) is 0 Å². The van der Waals surface area contributed by atoms with Gasteiger partial charge in [-0.15, -0.1) is 11.8 Å². The Labute approximate surface area is 89.6 Å². The van der Waals surface area contributed by atoms with E-state index in [0.717, 1.165) is 25.9 Å². The van der Waals surface area contributed by atoms with Crippen LogP contribution in [0.4, 0.5) is 0 Å². The number of carbonyl (C=O) groups is 1. The number of amides is 1. The zero-order chi connectivity index (χ0) is 9.97. The van der Waals surface area contributed by atoms with Crippen molar-refractivity contribution in [3.8, 4) is 0 Å². The van der Waals surface area contributed by atoms with E-state index >= 15 is 0 Å². The molecule has 3 nitrogen and oxygen atoms in total. The third-order valence-corrected chi connectivity index (χ3v) is 4.48. The quantitative estimate of drug-likeness (QED) is 0.734. The van der Waals surface area contributed by atoms with Gasteiger partial charge in [0.1, 0.15) is 0 Å². The highest BCUT2D eigenvalue weighted by molar-refractivity contribution is 8.00. The summed E-state index contributed by atoms with van der Waals surface area (Å²) in [5.41, 5.74) is 0. The summed E-state index contributed by atoms with van der Waals surface area (Å²) in [6.07, 6.45) is 3.41. The van der Waals surface area contributed by atoms with E-state index in [9.17, 15) is 4.79 Å². The molecule has 1 N–H and O–H groups in total. The Bertz CT molecular complexity index is 216. The molecule has 2 saturated heterocycles. The van der Waals surface area contributed by atoms with Crippen LogP contribution in [-0.2, 0) is 4.79 Å². The molecule has 4 heteroatoms. The molecule has 0 radical (unpaired) electrons. The maximum absolute atomic E-state index is 12.0. The van der Waals surface area contributed by atoms with E-state index in [1.807, 2.05) is 23.7 Å². The number of hydrogen-bond acceptors (Lipinski definition) is 3. The van der Waals surface area contributed by atoms with Crippen LogP contribution >= 0.6 is 11.8 Å². The first-order valence-corrected chi connectivity index (χ1v) is 6.44. The molecule has 2 heterocycles. The first-order valence-electron chi connectivity index (χ1n) is 5.39. The van der Waals surface area contributed by atoms with Crippen molar-refractivity contribution in [2.45, 2.75) is 30.6 Å². The summed E-state index contributed by atoms with van der Waals surface area (Å²) in [4.78, 5) is 14.0. The topological polar surface area (TPSA) is 32.3 Å². The van der Waals surface area contributed by atoms with Crippen LogP contribution in [0.25, 0.3) is 0 Å². The second-order valence-electron chi connectivity index (χ2n) is 4.06. The van der Waals surface area contributed by atoms with Crippen LogP contribution in [-0.4, -0.2) is 48.0 Å². The van der Waals surface area contributed by atoms with Crippen molar-refractivity contribution in [1.29, 1.82) is 0 Å². The summed E-state index contributed by atoms with van der Waals surface area (Å²) in [5.74, 6) is 1.55. The van der Waals surface area contributed by atoms with Gasteiger partial charge in [0, 0.05) is 19.1 Å². The zero-order valence-corrected chi connectivity index (χ0v) is 9.48. The standard InChI is InChI=1S/C10H18N2OS/c1-11-8-4-5-12(7-8)10(13)9-3-2-6-14-9/h8-9,11H,2-7H2,1H3. The van der Waals surface area contributed by atoms with Crippen molar-refractivity contribution in [2.24, 2.45) is 0 Å². The molecule has 2 unspecified atom stereocenters. The van der Waals surface area contributed by atoms with E-state index in [1.165, 1.54) is 12.2 Å². The summed E-state index contributed by atoms with van der Waals surface area (Å²) in [5, 5.41) is 3.51. The maximum atomic E-state index is 12.0. The van der Waals surface area contributed by atoms with Crippen molar-refractivity contribution >= 4 is 17.7 Å². The minimum atomic E-state index is 0.269. The van der Waals surface area contributed by atoms with Gasteiger partial charge in [0.25, 0.3) is 0 Å². The van der Waals surface area contributed by atoms with Crippen molar-refractivity contribution in [2.75, 3.05) is 25.9 Å². The molecule has 1 amide bonds. The first-order chi connectivity index (χ1) is 6.81. The van der Waals surface area contributed by atoms with Crippen LogP contribution in [0.3, 0.4) is 0 Å². The third kappa shape index (κ3) is 2.06. The fourth-order valence-electron chi connectivity index (χ4n) is 2.17. The molecule has 0 spiro atoms. The second-order valence-corrected chi connectivity index (χ2v) is 5.37. The first kappa shape index (κ1) is 10.3. The van der Waals surface area contributed by atoms with E-state index in [0.29, 0.717) is 11.9 Å². The highest BCUT2D eigenvalue weighted by Crippen LogP contribution is 2.28. The lowest BCUT2D eigenvalue weighted by Gasteiger charge is -2.19. The van der Waals surface area contributed by atoms with Crippen LogP contribution in [0.2, 0.25) is 0 Å². The lowest BCUT2D eigenvalue weighted by Crippen LogP contribution is -2.37. The van der Waals surface area contributed by atoms with Gasteiger partial charge in [0.15, 0.2) is 0 Å². The monoisotopic (exact) mass is 214 g/mol.